The van der Waals surface area contributed by atoms with E-state index in [1.807, 2.05) is 18.2 Å². The molecule has 0 amide bonds. The number of halogens is 1. The zero-order chi connectivity index (χ0) is 15.8. The summed E-state index contributed by atoms with van der Waals surface area (Å²) in [5, 5.41) is 18.7. The van der Waals surface area contributed by atoms with Gasteiger partial charge in [-0.2, -0.15) is 0 Å². The van der Waals surface area contributed by atoms with Crippen LogP contribution in [0.1, 0.15) is 32.8 Å². The predicted molar refractivity (Wildman–Crippen MR) is 86.6 cm³/mol. The Morgan fingerprint density at radius 2 is 1.76 bits per heavy atom. The predicted octanol–water partition coefficient (Wildman–Crippen LogP) is 1.45. The van der Waals surface area contributed by atoms with E-state index in [9.17, 15) is 5.11 Å². The van der Waals surface area contributed by atoms with Gasteiger partial charge < -0.3 is 19.9 Å². The average Bonchev–Trinajstić information content (AvgIpc) is 2.41. The molecule has 2 atom stereocenters. The molecular formula is C16H27ClNO3-. The van der Waals surface area contributed by atoms with Crippen molar-refractivity contribution in [1.82, 2.24) is 4.90 Å². The number of carboxylic acids is 1. The number of aliphatic carboxylic acids is 1. The second-order valence-electron chi connectivity index (χ2n) is 5.16. The summed E-state index contributed by atoms with van der Waals surface area (Å²) < 4.78 is 0. The Labute approximate surface area is 134 Å². The van der Waals surface area contributed by atoms with Crippen LogP contribution in [-0.4, -0.2) is 42.7 Å². The van der Waals surface area contributed by atoms with Crippen molar-refractivity contribution in [3.63, 3.8) is 0 Å². The van der Waals surface area contributed by atoms with E-state index in [2.05, 4.69) is 45.0 Å². The molecule has 1 aromatic rings. The molecule has 0 heterocycles. The molecule has 1 aromatic carbocycles. The summed E-state index contributed by atoms with van der Waals surface area (Å²) in [7, 11) is 4.13. The van der Waals surface area contributed by atoms with Gasteiger partial charge in [0.1, 0.15) is 0 Å². The zero-order valence-electron chi connectivity index (χ0n) is 13.5. The Morgan fingerprint density at radius 1 is 1.33 bits per heavy atom. The van der Waals surface area contributed by atoms with Gasteiger partial charge in [-0.05, 0) is 39.9 Å². The molecule has 0 aliphatic heterocycles. The van der Waals surface area contributed by atoms with Crippen LogP contribution in [-0.2, 0) is 10.2 Å². The molecule has 4 nitrogen and oxygen atoms in total. The maximum Gasteiger partial charge on any atom is 0.0542 e. The van der Waals surface area contributed by atoms with Gasteiger partial charge in [0.25, 0.3) is 0 Å². The summed E-state index contributed by atoms with van der Waals surface area (Å²) in [6.07, 6.45) is 0.937. The normalized spacial score (nSPS) is 14.2. The van der Waals surface area contributed by atoms with Gasteiger partial charge in [-0.15, -0.1) is 12.4 Å². The van der Waals surface area contributed by atoms with Gasteiger partial charge in [0, 0.05) is 17.4 Å². The SMILES string of the molecule is CC(=O)[O-].CCC(CO)(c1ccccc1)C(C)N(C)C.Cl. The molecule has 0 radical (unpaired) electrons. The minimum atomic E-state index is -1.08. The van der Waals surface area contributed by atoms with Crippen molar-refractivity contribution in [3.8, 4) is 0 Å². The third kappa shape index (κ3) is 6.46. The minimum absolute atomic E-state index is 0. The summed E-state index contributed by atoms with van der Waals surface area (Å²) in [5.74, 6) is -1.08. The lowest BCUT2D eigenvalue weighted by molar-refractivity contribution is -0.302. The molecule has 0 saturated heterocycles. The molecule has 0 aliphatic carbocycles. The fraction of sp³-hybridized carbons (Fsp3) is 0.562. The Morgan fingerprint density at radius 3 is 2.05 bits per heavy atom. The molecule has 0 bridgehead atoms. The standard InChI is InChI=1S/C14H23NO.C2H4O2.ClH/c1-5-14(11-16,12(2)15(3)4)13-9-7-6-8-10-13;1-2(3)4;/h6-10,12,16H,5,11H2,1-4H3;1H3,(H,3,4);1H/p-1. The van der Waals surface area contributed by atoms with Crippen LogP contribution in [0.25, 0.3) is 0 Å². The fourth-order valence-electron chi connectivity index (χ4n) is 2.34. The highest BCUT2D eigenvalue weighted by Crippen LogP contribution is 2.33. The van der Waals surface area contributed by atoms with E-state index in [0.29, 0.717) is 6.04 Å². The monoisotopic (exact) mass is 316 g/mol. The van der Waals surface area contributed by atoms with Crippen molar-refractivity contribution in [2.24, 2.45) is 0 Å². The highest BCUT2D eigenvalue weighted by atomic mass is 35.5. The smallest absolute Gasteiger partial charge is 0.0542 e. The molecule has 0 spiro atoms. The van der Waals surface area contributed by atoms with Crippen LogP contribution >= 0.6 is 12.4 Å². The van der Waals surface area contributed by atoms with Gasteiger partial charge in [0.15, 0.2) is 0 Å². The maximum absolute atomic E-state index is 9.82. The van der Waals surface area contributed by atoms with Gasteiger partial charge in [-0.1, -0.05) is 37.3 Å². The number of aliphatic hydroxyl groups excluding tert-OH is 1. The number of benzene rings is 1. The third-order valence-electron chi connectivity index (χ3n) is 3.84. The van der Waals surface area contributed by atoms with Crippen LogP contribution in [0, 0.1) is 0 Å². The lowest BCUT2D eigenvalue weighted by Crippen LogP contribution is -2.48. The number of carbonyl (C=O) groups is 1. The molecule has 0 aliphatic rings. The lowest BCUT2D eigenvalue weighted by atomic mass is 9.73. The summed E-state index contributed by atoms with van der Waals surface area (Å²) in [6, 6.07) is 10.6. The van der Waals surface area contributed by atoms with E-state index in [-0.39, 0.29) is 24.4 Å². The van der Waals surface area contributed by atoms with E-state index in [4.69, 9.17) is 9.90 Å². The van der Waals surface area contributed by atoms with Crippen molar-refractivity contribution in [3.05, 3.63) is 35.9 Å². The first-order valence-electron chi connectivity index (χ1n) is 6.82. The Kier molecular flexibility index (Phi) is 11.2. The van der Waals surface area contributed by atoms with Crippen molar-refractivity contribution in [2.75, 3.05) is 20.7 Å². The van der Waals surface area contributed by atoms with Gasteiger partial charge in [-0.25, -0.2) is 0 Å². The Hall–Kier alpha value is -1.10. The largest absolute Gasteiger partial charge is 0.550 e. The molecule has 5 heteroatoms. The lowest BCUT2D eigenvalue weighted by Gasteiger charge is -2.41. The summed E-state index contributed by atoms with van der Waals surface area (Å²) in [5.41, 5.74) is 1.06. The molecule has 0 saturated carbocycles. The summed E-state index contributed by atoms with van der Waals surface area (Å²) >= 11 is 0. The Bertz CT molecular complexity index is 388. The minimum Gasteiger partial charge on any atom is -0.550 e. The highest BCUT2D eigenvalue weighted by Gasteiger charge is 2.36. The first kappa shape index (κ1) is 22.2. The quantitative estimate of drug-likeness (QED) is 0.893. The number of likely N-dealkylation sites (N-methyl/N-ethyl adjacent to an activating group) is 1. The molecule has 21 heavy (non-hydrogen) atoms. The third-order valence-corrected chi connectivity index (χ3v) is 3.84. The molecule has 0 aromatic heterocycles. The second kappa shape index (κ2) is 10.6. The molecule has 122 valence electrons. The molecule has 0 fully saturated rings. The molecule has 2 unspecified atom stereocenters. The van der Waals surface area contributed by atoms with Gasteiger partial charge >= 0.3 is 0 Å². The van der Waals surface area contributed by atoms with Crippen LogP contribution in [0.2, 0.25) is 0 Å². The van der Waals surface area contributed by atoms with Crippen LogP contribution < -0.4 is 5.11 Å². The first-order valence-corrected chi connectivity index (χ1v) is 6.82. The number of hydrogen-bond acceptors (Lipinski definition) is 4. The zero-order valence-corrected chi connectivity index (χ0v) is 14.3. The van der Waals surface area contributed by atoms with Gasteiger partial charge in [0.05, 0.1) is 6.61 Å². The highest BCUT2D eigenvalue weighted by molar-refractivity contribution is 5.85. The van der Waals surface area contributed by atoms with Crippen molar-refractivity contribution in [2.45, 2.75) is 38.6 Å². The summed E-state index contributed by atoms with van der Waals surface area (Å²) in [4.78, 5) is 11.1. The van der Waals surface area contributed by atoms with Crippen LogP contribution in [0.3, 0.4) is 0 Å². The molecular weight excluding hydrogens is 290 g/mol. The van der Waals surface area contributed by atoms with Crippen LogP contribution in [0.4, 0.5) is 0 Å². The van der Waals surface area contributed by atoms with E-state index >= 15 is 0 Å². The Balaban J connectivity index is 0. The number of carboxylic acid groups (broad SMARTS) is 1. The van der Waals surface area contributed by atoms with E-state index in [0.717, 1.165) is 13.3 Å². The van der Waals surface area contributed by atoms with Crippen LogP contribution in [0.5, 0.6) is 0 Å². The van der Waals surface area contributed by atoms with Crippen molar-refractivity contribution < 1.29 is 15.0 Å². The molecule has 1 rings (SSSR count). The number of hydrogen-bond donors (Lipinski definition) is 1. The second-order valence-corrected chi connectivity index (χ2v) is 5.16. The van der Waals surface area contributed by atoms with Crippen LogP contribution in [0.15, 0.2) is 30.3 Å². The summed E-state index contributed by atoms with van der Waals surface area (Å²) in [6.45, 7) is 5.48. The number of aliphatic hydroxyl groups is 1. The number of carbonyl (C=O) groups excluding carboxylic acids is 1. The average molecular weight is 317 g/mol. The maximum atomic E-state index is 9.82. The fourth-order valence-corrected chi connectivity index (χ4v) is 2.34. The first-order chi connectivity index (χ1) is 9.31. The molecule has 1 N–H and O–H groups in total. The topological polar surface area (TPSA) is 63.6 Å². The van der Waals surface area contributed by atoms with E-state index in [1.54, 1.807) is 0 Å². The van der Waals surface area contributed by atoms with Gasteiger partial charge in [0.2, 0.25) is 0 Å². The van der Waals surface area contributed by atoms with Crippen molar-refractivity contribution in [1.29, 1.82) is 0 Å². The number of nitrogens with zero attached hydrogens (tertiary/aromatic N) is 1. The van der Waals surface area contributed by atoms with Crippen molar-refractivity contribution >= 4 is 18.4 Å². The van der Waals surface area contributed by atoms with E-state index < -0.39 is 5.97 Å². The van der Waals surface area contributed by atoms with Gasteiger partial charge in [-0.3, -0.25) is 0 Å². The van der Waals surface area contributed by atoms with E-state index in [1.165, 1.54) is 5.56 Å². The number of rotatable bonds is 5.